The molecule has 0 amide bonds. The van der Waals surface area contributed by atoms with Gasteiger partial charge in [-0.1, -0.05) is 17.9 Å². The van der Waals surface area contributed by atoms with Gasteiger partial charge in [0.15, 0.2) is 0 Å². The van der Waals surface area contributed by atoms with Gasteiger partial charge in [-0.3, -0.25) is 10.1 Å². The number of nitro groups is 1. The fraction of sp³-hybridized carbons (Fsp3) is 0.182. The van der Waals surface area contributed by atoms with E-state index in [4.69, 9.17) is 10.00 Å². The van der Waals surface area contributed by atoms with Crippen molar-refractivity contribution in [3.8, 4) is 23.7 Å². The van der Waals surface area contributed by atoms with Gasteiger partial charge >= 0.3 is 0 Å². The first-order chi connectivity index (χ1) is 7.70. The van der Waals surface area contributed by atoms with E-state index in [1.54, 1.807) is 6.07 Å². The van der Waals surface area contributed by atoms with Crippen molar-refractivity contribution in [1.29, 1.82) is 5.26 Å². The molecular formula is C11H8N2O3. The van der Waals surface area contributed by atoms with Gasteiger partial charge in [0.1, 0.15) is 11.3 Å². The summed E-state index contributed by atoms with van der Waals surface area (Å²) < 4.78 is 4.98. The van der Waals surface area contributed by atoms with Crippen LogP contribution in [0.25, 0.3) is 0 Å². The first-order valence-electron chi connectivity index (χ1n) is 4.38. The zero-order chi connectivity index (χ0) is 12.0. The summed E-state index contributed by atoms with van der Waals surface area (Å²) >= 11 is 0. The number of rotatable bonds is 2. The molecule has 0 heterocycles. The van der Waals surface area contributed by atoms with E-state index in [9.17, 15) is 10.1 Å². The molecule has 16 heavy (non-hydrogen) atoms. The van der Waals surface area contributed by atoms with E-state index >= 15 is 0 Å². The van der Waals surface area contributed by atoms with Crippen molar-refractivity contribution < 1.29 is 9.66 Å². The minimum absolute atomic E-state index is 0.0230. The highest BCUT2D eigenvalue weighted by atomic mass is 16.6. The summed E-state index contributed by atoms with van der Waals surface area (Å²) in [6, 6.07) is 6.29. The van der Waals surface area contributed by atoms with Crippen LogP contribution >= 0.6 is 0 Å². The van der Waals surface area contributed by atoms with Crippen molar-refractivity contribution in [2.45, 2.75) is 6.42 Å². The molecule has 0 aliphatic carbocycles. The normalized spacial score (nSPS) is 8.50. The van der Waals surface area contributed by atoms with Crippen LogP contribution in [0.1, 0.15) is 12.0 Å². The molecular weight excluding hydrogens is 208 g/mol. The number of hydrogen-bond donors (Lipinski definition) is 0. The SMILES string of the molecule is COc1cccc([N+](=O)[O-])c1C#CCC#N. The fourth-order valence-electron chi connectivity index (χ4n) is 1.14. The Morgan fingerprint density at radius 1 is 1.56 bits per heavy atom. The number of nitrogens with zero attached hydrogens (tertiary/aromatic N) is 2. The van der Waals surface area contributed by atoms with E-state index in [-0.39, 0.29) is 17.7 Å². The fourth-order valence-corrected chi connectivity index (χ4v) is 1.14. The van der Waals surface area contributed by atoms with E-state index in [0.29, 0.717) is 5.75 Å². The van der Waals surface area contributed by atoms with Crippen LogP contribution in [-0.4, -0.2) is 12.0 Å². The van der Waals surface area contributed by atoms with E-state index in [0.717, 1.165) is 0 Å². The summed E-state index contributed by atoms with van der Waals surface area (Å²) in [5, 5.41) is 19.1. The molecule has 0 aliphatic rings. The topological polar surface area (TPSA) is 76.2 Å². The molecule has 0 bridgehead atoms. The second-order valence-corrected chi connectivity index (χ2v) is 2.75. The first-order valence-corrected chi connectivity index (χ1v) is 4.38. The Bertz CT molecular complexity index is 506. The predicted molar refractivity (Wildman–Crippen MR) is 56.8 cm³/mol. The van der Waals surface area contributed by atoms with Crippen molar-refractivity contribution in [3.05, 3.63) is 33.9 Å². The molecule has 0 atom stereocenters. The van der Waals surface area contributed by atoms with Gasteiger partial charge in [0.2, 0.25) is 0 Å². The summed E-state index contributed by atoms with van der Waals surface area (Å²) in [5.74, 6) is 5.43. The molecule has 0 saturated carbocycles. The largest absolute Gasteiger partial charge is 0.495 e. The number of ether oxygens (including phenoxy) is 1. The van der Waals surface area contributed by atoms with Crippen LogP contribution in [0.2, 0.25) is 0 Å². The third-order valence-electron chi connectivity index (χ3n) is 1.80. The van der Waals surface area contributed by atoms with Gasteiger partial charge in [-0.2, -0.15) is 5.26 Å². The van der Waals surface area contributed by atoms with E-state index in [1.165, 1.54) is 19.2 Å². The molecule has 0 saturated heterocycles. The number of benzene rings is 1. The number of nitriles is 1. The van der Waals surface area contributed by atoms with Crippen molar-refractivity contribution >= 4 is 5.69 Å². The molecule has 1 aromatic carbocycles. The minimum Gasteiger partial charge on any atom is -0.495 e. The van der Waals surface area contributed by atoms with E-state index < -0.39 is 4.92 Å². The molecule has 0 fully saturated rings. The van der Waals surface area contributed by atoms with Crippen molar-refractivity contribution in [1.82, 2.24) is 0 Å². The van der Waals surface area contributed by atoms with Crippen LogP contribution in [0.15, 0.2) is 18.2 Å². The van der Waals surface area contributed by atoms with Crippen LogP contribution in [0.3, 0.4) is 0 Å². The zero-order valence-electron chi connectivity index (χ0n) is 8.56. The van der Waals surface area contributed by atoms with Gasteiger partial charge < -0.3 is 4.74 Å². The van der Waals surface area contributed by atoms with Gasteiger partial charge in [0.05, 0.1) is 24.5 Å². The lowest BCUT2D eigenvalue weighted by molar-refractivity contribution is -0.385. The maximum atomic E-state index is 10.7. The third-order valence-corrected chi connectivity index (χ3v) is 1.80. The van der Waals surface area contributed by atoms with Gasteiger partial charge in [-0.15, -0.1) is 0 Å². The van der Waals surface area contributed by atoms with Crippen molar-refractivity contribution in [3.63, 3.8) is 0 Å². The minimum atomic E-state index is -0.529. The van der Waals surface area contributed by atoms with E-state index in [1.807, 2.05) is 6.07 Å². The number of nitro benzene ring substituents is 1. The third kappa shape index (κ3) is 2.49. The highest BCUT2D eigenvalue weighted by molar-refractivity contribution is 5.59. The van der Waals surface area contributed by atoms with Crippen molar-refractivity contribution in [2.24, 2.45) is 0 Å². The molecule has 1 rings (SSSR count). The maximum Gasteiger partial charge on any atom is 0.288 e. The van der Waals surface area contributed by atoms with Crippen LogP contribution in [0.5, 0.6) is 5.75 Å². The lowest BCUT2D eigenvalue weighted by Gasteiger charge is -2.02. The van der Waals surface area contributed by atoms with Crippen molar-refractivity contribution in [2.75, 3.05) is 7.11 Å². The predicted octanol–water partition coefficient (Wildman–Crippen LogP) is 1.87. The van der Waals surface area contributed by atoms with Crippen LogP contribution in [-0.2, 0) is 0 Å². The van der Waals surface area contributed by atoms with Gasteiger partial charge in [-0.05, 0) is 6.07 Å². The Kier molecular flexibility index (Phi) is 3.88. The average molecular weight is 216 g/mol. The monoisotopic (exact) mass is 216 g/mol. The number of methoxy groups -OCH3 is 1. The molecule has 0 N–H and O–H groups in total. The van der Waals surface area contributed by atoms with Gasteiger partial charge in [0, 0.05) is 6.07 Å². The van der Waals surface area contributed by atoms with Crippen LogP contribution < -0.4 is 4.74 Å². The summed E-state index contributed by atoms with van der Waals surface area (Å²) in [4.78, 5) is 10.2. The Morgan fingerprint density at radius 3 is 2.88 bits per heavy atom. The zero-order valence-corrected chi connectivity index (χ0v) is 8.56. The second-order valence-electron chi connectivity index (χ2n) is 2.75. The Balaban J connectivity index is 3.28. The number of hydrogen-bond acceptors (Lipinski definition) is 4. The lowest BCUT2D eigenvalue weighted by atomic mass is 10.1. The standard InChI is InChI=1S/C11H8N2O3/c1-16-11-7-4-6-10(13(14)15)9(11)5-2-3-8-12/h4,6-7H,3H2,1H3. The first kappa shape index (κ1) is 11.5. The van der Waals surface area contributed by atoms with E-state index in [2.05, 4.69) is 11.8 Å². The summed E-state index contributed by atoms with van der Waals surface area (Å²) in [6.07, 6.45) is 0.0230. The Hall–Kier alpha value is -2.53. The quantitative estimate of drug-likeness (QED) is 0.429. The molecule has 5 nitrogen and oxygen atoms in total. The van der Waals surface area contributed by atoms with Gasteiger partial charge in [-0.25, -0.2) is 0 Å². The second kappa shape index (κ2) is 5.38. The Morgan fingerprint density at radius 2 is 2.31 bits per heavy atom. The smallest absolute Gasteiger partial charge is 0.288 e. The molecule has 1 aromatic rings. The summed E-state index contributed by atoms with van der Waals surface area (Å²) in [6.45, 7) is 0. The van der Waals surface area contributed by atoms with Crippen LogP contribution in [0, 0.1) is 33.3 Å². The highest BCUT2D eigenvalue weighted by Crippen LogP contribution is 2.26. The van der Waals surface area contributed by atoms with Crippen LogP contribution in [0.4, 0.5) is 5.69 Å². The average Bonchev–Trinajstić information content (AvgIpc) is 2.29. The molecule has 80 valence electrons. The molecule has 0 spiro atoms. The maximum absolute atomic E-state index is 10.7. The highest BCUT2D eigenvalue weighted by Gasteiger charge is 2.15. The molecule has 0 aromatic heterocycles. The molecule has 0 radical (unpaired) electrons. The summed E-state index contributed by atoms with van der Waals surface area (Å²) in [5.41, 5.74) is 0.0787. The van der Waals surface area contributed by atoms with Gasteiger partial charge in [0.25, 0.3) is 5.69 Å². The molecule has 5 heteroatoms. The summed E-state index contributed by atoms with van der Waals surface area (Å²) in [7, 11) is 1.41. The molecule has 0 aliphatic heterocycles. The molecule has 0 unspecified atom stereocenters. The Labute approximate surface area is 92.4 Å². The lowest BCUT2D eigenvalue weighted by Crippen LogP contribution is -1.95.